The number of halogens is 7. The van der Waals surface area contributed by atoms with E-state index in [4.69, 9.17) is 39.5 Å². The molecule has 0 saturated carbocycles. The molecule has 0 aromatic heterocycles. The molecule has 2 atom stereocenters. The Morgan fingerprint density at radius 3 is 2.26 bits per heavy atom. The van der Waals surface area contributed by atoms with Crippen LogP contribution in [0.15, 0.2) is 40.9 Å². The zero-order valence-corrected chi connectivity index (χ0v) is 21.8. The molecule has 0 bridgehead atoms. The fourth-order valence-corrected chi connectivity index (χ4v) is 4.24. The number of carbonyl (C=O) groups is 2. The zero-order chi connectivity index (χ0) is 25.6. The maximum atomic E-state index is 13.7. The fraction of sp³-hybridized carbons (Fsp3) is 0.304. The number of benzene rings is 2. The van der Waals surface area contributed by atoms with Gasteiger partial charge in [-0.25, -0.2) is 0 Å². The molecule has 0 aliphatic heterocycles. The minimum absolute atomic E-state index is 0.0222. The van der Waals surface area contributed by atoms with Gasteiger partial charge in [0, 0.05) is 18.0 Å². The number of methoxy groups -OCH3 is 1. The van der Waals surface area contributed by atoms with Crippen LogP contribution < -0.4 is 5.32 Å². The summed E-state index contributed by atoms with van der Waals surface area (Å²) in [5.74, 6) is -2.70. The molecule has 0 aliphatic carbocycles. The third-order valence-corrected chi connectivity index (χ3v) is 6.67. The lowest BCUT2D eigenvalue weighted by atomic mass is 9.97. The number of ether oxygens (including phenoxy) is 1. The molecule has 2 aromatic carbocycles. The molecule has 1 N–H and O–H groups in total. The number of hydrogen-bond donors (Lipinski definition) is 1. The Kier molecular flexibility index (Phi) is 10.5. The van der Waals surface area contributed by atoms with Gasteiger partial charge in [-0.15, -0.1) is 0 Å². The second kappa shape index (κ2) is 12.4. The summed E-state index contributed by atoms with van der Waals surface area (Å²) in [6, 6.07) is 5.86. The SMILES string of the molecule is CCC(=O)C(COC)NC(=O)c1ccc(C=CC(c2cc(Cl)c(Cl)c(Cl)c2)C(F)(F)F)cc1Br. The van der Waals surface area contributed by atoms with E-state index in [1.165, 1.54) is 31.4 Å². The highest BCUT2D eigenvalue weighted by atomic mass is 79.9. The van der Waals surface area contributed by atoms with Crippen LogP contribution in [0.25, 0.3) is 6.08 Å². The van der Waals surface area contributed by atoms with Crippen molar-refractivity contribution in [2.75, 3.05) is 13.7 Å². The van der Waals surface area contributed by atoms with Gasteiger partial charge in [-0.3, -0.25) is 9.59 Å². The van der Waals surface area contributed by atoms with E-state index in [0.717, 1.165) is 18.2 Å². The lowest BCUT2D eigenvalue weighted by Gasteiger charge is -2.18. The van der Waals surface area contributed by atoms with Gasteiger partial charge >= 0.3 is 6.18 Å². The lowest BCUT2D eigenvalue weighted by Crippen LogP contribution is -2.43. The monoisotopic (exact) mass is 599 g/mol. The number of alkyl halides is 3. The molecule has 2 unspecified atom stereocenters. The Hall–Kier alpha value is -1.58. The van der Waals surface area contributed by atoms with Gasteiger partial charge < -0.3 is 10.1 Å². The van der Waals surface area contributed by atoms with E-state index in [1.54, 1.807) is 6.92 Å². The van der Waals surface area contributed by atoms with Gasteiger partial charge in [0.25, 0.3) is 5.91 Å². The summed E-state index contributed by atoms with van der Waals surface area (Å²) in [5.41, 5.74) is 0.454. The molecule has 11 heteroatoms. The summed E-state index contributed by atoms with van der Waals surface area (Å²) in [6.45, 7) is 1.70. The van der Waals surface area contributed by atoms with Crippen LogP contribution in [0.3, 0.4) is 0 Å². The van der Waals surface area contributed by atoms with Gasteiger partial charge in [0.05, 0.1) is 33.2 Å². The van der Waals surface area contributed by atoms with Crippen molar-refractivity contribution in [3.8, 4) is 0 Å². The first-order valence-electron chi connectivity index (χ1n) is 9.90. The molecule has 2 rings (SSSR count). The molecule has 2 aromatic rings. The highest BCUT2D eigenvalue weighted by molar-refractivity contribution is 9.10. The minimum Gasteiger partial charge on any atom is -0.382 e. The van der Waals surface area contributed by atoms with Crippen molar-refractivity contribution < 1.29 is 27.5 Å². The van der Waals surface area contributed by atoms with Crippen LogP contribution in [0.4, 0.5) is 13.2 Å². The number of ketones is 1. The zero-order valence-electron chi connectivity index (χ0n) is 18.0. The van der Waals surface area contributed by atoms with Crippen LogP contribution in [0.2, 0.25) is 15.1 Å². The minimum atomic E-state index is -4.61. The van der Waals surface area contributed by atoms with Crippen LogP contribution >= 0.6 is 50.7 Å². The predicted octanol–water partition coefficient (Wildman–Crippen LogP) is 7.49. The molecule has 0 aliphatic rings. The number of Topliss-reactive ketones (excluding diaryl/α,β-unsaturated/α-hetero) is 1. The smallest absolute Gasteiger partial charge is 0.382 e. The summed E-state index contributed by atoms with van der Waals surface area (Å²) in [5, 5.41) is 2.41. The standard InChI is InChI=1S/C23H20BrCl3F3NO3/c1-3-20(32)19(11-34-2)31-22(33)14-6-4-12(8-16(14)24)5-7-15(23(28,29)30)13-9-17(25)21(27)18(26)10-13/h4-10,15,19H,3,11H2,1-2H3,(H,31,33). The number of amides is 1. The Morgan fingerprint density at radius 1 is 1.15 bits per heavy atom. The van der Waals surface area contributed by atoms with E-state index in [2.05, 4.69) is 21.2 Å². The van der Waals surface area contributed by atoms with Crippen molar-refractivity contribution in [1.82, 2.24) is 5.32 Å². The maximum absolute atomic E-state index is 13.7. The second-order valence-electron chi connectivity index (χ2n) is 7.22. The maximum Gasteiger partial charge on any atom is 0.399 e. The summed E-state index contributed by atoms with van der Waals surface area (Å²) in [4.78, 5) is 24.6. The normalized spacial score (nSPS) is 13.7. The number of allylic oxidation sites excluding steroid dienone is 1. The molecule has 0 spiro atoms. The van der Waals surface area contributed by atoms with Crippen LogP contribution in [-0.4, -0.2) is 37.6 Å². The second-order valence-corrected chi connectivity index (χ2v) is 9.26. The first-order chi connectivity index (χ1) is 15.9. The lowest BCUT2D eigenvalue weighted by molar-refractivity contribution is -0.139. The highest BCUT2D eigenvalue weighted by Crippen LogP contribution is 2.41. The molecular formula is C23H20BrCl3F3NO3. The van der Waals surface area contributed by atoms with E-state index < -0.39 is 24.0 Å². The van der Waals surface area contributed by atoms with E-state index in [1.807, 2.05) is 0 Å². The van der Waals surface area contributed by atoms with E-state index >= 15 is 0 Å². The number of rotatable bonds is 9. The van der Waals surface area contributed by atoms with Gasteiger partial charge in [0.15, 0.2) is 5.78 Å². The van der Waals surface area contributed by atoms with E-state index in [-0.39, 0.29) is 45.0 Å². The van der Waals surface area contributed by atoms with Gasteiger partial charge in [0.1, 0.15) is 6.04 Å². The summed E-state index contributed by atoms with van der Waals surface area (Å²) in [7, 11) is 1.42. The van der Waals surface area contributed by atoms with Crippen LogP contribution in [-0.2, 0) is 9.53 Å². The quantitative estimate of drug-likeness (QED) is 0.303. The third kappa shape index (κ3) is 7.46. The highest BCUT2D eigenvalue weighted by Gasteiger charge is 2.39. The molecule has 184 valence electrons. The van der Waals surface area contributed by atoms with Crippen LogP contribution in [0, 0.1) is 0 Å². The number of hydrogen-bond acceptors (Lipinski definition) is 3. The van der Waals surface area contributed by atoms with Gasteiger partial charge in [-0.05, 0) is 51.3 Å². The van der Waals surface area contributed by atoms with E-state index in [9.17, 15) is 22.8 Å². The molecule has 4 nitrogen and oxygen atoms in total. The fourth-order valence-electron chi connectivity index (χ4n) is 3.05. The Bertz CT molecular complexity index is 1070. The average Bonchev–Trinajstić information content (AvgIpc) is 2.75. The van der Waals surface area contributed by atoms with Crippen molar-refractivity contribution in [3.63, 3.8) is 0 Å². The molecule has 0 radical (unpaired) electrons. The largest absolute Gasteiger partial charge is 0.399 e. The first-order valence-corrected chi connectivity index (χ1v) is 11.8. The van der Waals surface area contributed by atoms with Gasteiger partial charge in [-0.1, -0.05) is 59.9 Å². The third-order valence-electron chi connectivity index (χ3n) is 4.81. The van der Waals surface area contributed by atoms with Crippen molar-refractivity contribution in [1.29, 1.82) is 0 Å². The predicted molar refractivity (Wildman–Crippen MR) is 132 cm³/mol. The summed E-state index contributed by atoms with van der Waals surface area (Å²) in [6.07, 6.45) is -2.15. The molecule has 0 heterocycles. The van der Waals surface area contributed by atoms with Crippen molar-refractivity contribution in [2.45, 2.75) is 31.5 Å². The van der Waals surface area contributed by atoms with Crippen molar-refractivity contribution in [2.24, 2.45) is 0 Å². The average molecular weight is 602 g/mol. The van der Waals surface area contributed by atoms with Crippen molar-refractivity contribution in [3.05, 3.63) is 72.6 Å². The molecule has 0 fully saturated rings. The van der Waals surface area contributed by atoms with Crippen LogP contribution in [0.1, 0.15) is 40.7 Å². The Morgan fingerprint density at radius 2 is 1.76 bits per heavy atom. The van der Waals surface area contributed by atoms with Crippen LogP contribution in [0.5, 0.6) is 0 Å². The van der Waals surface area contributed by atoms with Gasteiger partial charge in [0.2, 0.25) is 0 Å². The number of nitrogens with one attached hydrogen (secondary N) is 1. The van der Waals surface area contributed by atoms with Gasteiger partial charge in [-0.2, -0.15) is 13.2 Å². The molecule has 1 amide bonds. The molecular weight excluding hydrogens is 582 g/mol. The van der Waals surface area contributed by atoms with Crippen molar-refractivity contribution >= 4 is 68.5 Å². The Labute approximate surface area is 218 Å². The first kappa shape index (κ1) is 28.7. The van der Waals surface area contributed by atoms with E-state index in [0.29, 0.717) is 10.0 Å². The number of carbonyl (C=O) groups excluding carboxylic acids is 2. The Balaban J connectivity index is 2.29. The summed E-state index contributed by atoms with van der Waals surface area (Å²) < 4.78 is 46.5. The topological polar surface area (TPSA) is 55.4 Å². The molecule has 34 heavy (non-hydrogen) atoms. The summed E-state index contributed by atoms with van der Waals surface area (Å²) >= 11 is 20.9. The molecule has 0 saturated heterocycles.